The monoisotopic (exact) mass is 707 g/mol. The van der Waals surface area contributed by atoms with E-state index in [2.05, 4.69) is 209 Å². The molecule has 0 aliphatic carbocycles. The molecule has 8 aromatic carbocycles. The SMILES string of the molecule is CC.CC.CC(C)c1cccc2ccccc12.Cc1ccc(-c2ccc(N(c3ccccc3)c3cccc4ccccc34)cc2)cc1.Cc1ccccc1. The van der Waals surface area contributed by atoms with E-state index in [4.69, 9.17) is 0 Å². The van der Waals surface area contributed by atoms with E-state index in [1.54, 1.807) is 0 Å². The molecule has 0 atom stereocenters. The highest BCUT2D eigenvalue weighted by atomic mass is 15.1. The molecule has 0 heterocycles. The second-order valence-electron chi connectivity index (χ2n) is 13.0. The number of fused-ring (bicyclic) bond motifs is 2. The first-order valence-electron chi connectivity index (χ1n) is 19.5. The average Bonchev–Trinajstić information content (AvgIpc) is 3.24. The summed E-state index contributed by atoms with van der Waals surface area (Å²) in [5, 5.41) is 5.22. The fraction of sp³-hybridized carbons (Fsp3) is 0.170. The van der Waals surface area contributed by atoms with Crippen LogP contribution < -0.4 is 4.90 Å². The van der Waals surface area contributed by atoms with Gasteiger partial charge in [0.05, 0.1) is 5.69 Å². The van der Waals surface area contributed by atoms with E-state index in [1.165, 1.54) is 55.0 Å². The lowest BCUT2D eigenvalue weighted by Crippen LogP contribution is -2.10. The zero-order chi connectivity index (χ0) is 38.7. The van der Waals surface area contributed by atoms with Gasteiger partial charge in [0.2, 0.25) is 0 Å². The molecule has 0 spiro atoms. The molecule has 54 heavy (non-hydrogen) atoms. The summed E-state index contributed by atoms with van der Waals surface area (Å²) >= 11 is 0. The van der Waals surface area contributed by atoms with Crippen molar-refractivity contribution in [3.63, 3.8) is 0 Å². The van der Waals surface area contributed by atoms with E-state index in [9.17, 15) is 0 Å². The third-order valence-electron chi connectivity index (χ3n) is 8.92. The summed E-state index contributed by atoms with van der Waals surface area (Å²) in [5.41, 5.74) is 9.99. The van der Waals surface area contributed by atoms with Crippen LogP contribution in [0, 0.1) is 13.8 Å². The fourth-order valence-corrected chi connectivity index (χ4v) is 6.24. The van der Waals surface area contributed by atoms with Crippen LogP contribution in [0.25, 0.3) is 32.7 Å². The topological polar surface area (TPSA) is 3.24 Å². The van der Waals surface area contributed by atoms with Gasteiger partial charge < -0.3 is 4.90 Å². The molecule has 0 saturated heterocycles. The Morgan fingerprint density at radius 1 is 0.352 bits per heavy atom. The number of anilines is 3. The summed E-state index contributed by atoms with van der Waals surface area (Å²) in [4.78, 5) is 2.33. The highest BCUT2D eigenvalue weighted by Crippen LogP contribution is 2.39. The third kappa shape index (κ3) is 11.0. The van der Waals surface area contributed by atoms with Crippen LogP contribution in [-0.4, -0.2) is 0 Å². The molecule has 274 valence electrons. The molecule has 0 fully saturated rings. The summed E-state index contributed by atoms with van der Waals surface area (Å²) in [5.74, 6) is 0.603. The van der Waals surface area contributed by atoms with Crippen LogP contribution in [0.2, 0.25) is 0 Å². The number of hydrogen-bond donors (Lipinski definition) is 0. The smallest absolute Gasteiger partial charge is 0.0540 e. The molecule has 0 unspecified atom stereocenters. The van der Waals surface area contributed by atoms with Crippen LogP contribution in [0.15, 0.2) is 194 Å². The molecule has 0 radical (unpaired) electrons. The zero-order valence-electron chi connectivity index (χ0n) is 33.5. The van der Waals surface area contributed by atoms with Crippen molar-refractivity contribution in [3.8, 4) is 11.1 Å². The molecule has 8 aromatic rings. The summed E-state index contributed by atoms with van der Waals surface area (Å²) in [6.07, 6.45) is 0. The maximum atomic E-state index is 2.33. The van der Waals surface area contributed by atoms with Gasteiger partial charge in [-0.1, -0.05) is 216 Å². The van der Waals surface area contributed by atoms with E-state index in [0.717, 1.165) is 11.4 Å². The lowest BCUT2D eigenvalue weighted by molar-refractivity contribution is 0.876. The second-order valence-corrected chi connectivity index (χ2v) is 13.0. The van der Waals surface area contributed by atoms with Gasteiger partial charge >= 0.3 is 0 Å². The maximum Gasteiger partial charge on any atom is 0.0540 e. The summed E-state index contributed by atoms with van der Waals surface area (Å²) in [6.45, 7) is 16.7. The van der Waals surface area contributed by atoms with E-state index >= 15 is 0 Å². The predicted molar refractivity (Wildman–Crippen MR) is 241 cm³/mol. The molecule has 8 rings (SSSR count). The van der Waals surface area contributed by atoms with Crippen LogP contribution in [0.4, 0.5) is 17.1 Å². The molecule has 1 nitrogen and oxygen atoms in total. The minimum atomic E-state index is 0.603. The van der Waals surface area contributed by atoms with Crippen LogP contribution in [0.5, 0.6) is 0 Å². The van der Waals surface area contributed by atoms with Crippen molar-refractivity contribution in [2.45, 2.75) is 61.3 Å². The van der Waals surface area contributed by atoms with Crippen molar-refractivity contribution in [1.82, 2.24) is 0 Å². The van der Waals surface area contributed by atoms with Crippen molar-refractivity contribution >= 4 is 38.6 Å². The standard InChI is InChI=1S/C29H23N.C13H14.C7H8.2C2H6/c1-22-14-16-23(17-15-22)24-18-20-27(21-19-24)30(26-10-3-2-4-11-26)29-13-7-9-25-8-5-6-12-28(25)29;1-10(2)12-9-5-7-11-6-3-4-8-13(11)12;1-7-5-3-2-4-6-7;2*1-2/h2-21H,1H3;3-10H,1-2H3;2-6H,1H3;2*1-2H3. The molecule has 1 heteroatoms. The van der Waals surface area contributed by atoms with E-state index in [-0.39, 0.29) is 0 Å². The normalized spacial score (nSPS) is 10.0. The summed E-state index contributed by atoms with van der Waals surface area (Å²) in [6, 6.07) is 68.5. The second kappa shape index (κ2) is 21.6. The summed E-state index contributed by atoms with van der Waals surface area (Å²) in [7, 11) is 0. The maximum absolute atomic E-state index is 2.33. The van der Waals surface area contributed by atoms with Gasteiger partial charge in [0.15, 0.2) is 0 Å². The Balaban J connectivity index is 0.000000222. The Kier molecular flexibility index (Phi) is 16.3. The molecule has 0 bridgehead atoms. The van der Waals surface area contributed by atoms with E-state index in [1.807, 2.05) is 45.9 Å². The van der Waals surface area contributed by atoms with Crippen LogP contribution in [0.3, 0.4) is 0 Å². The van der Waals surface area contributed by atoms with E-state index < -0.39 is 0 Å². The minimum absolute atomic E-state index is 0.603. The molecule has 0 aliphatic rings. The van der Waals surface area contributed by atoms with Gasteiger partial charge in [-0.25, -0.2) is 0 Å². The van der Waals surface area contributed by atoms with Gasteiger partial charge in [-0.15, -0.1) is 0 Å². The number of nitrogens with zero attached hydrogens (tertiary/aromatic N) is 1. The van der Waals surface area contributed by atoms with Crippen molar-refractivity contribution in [2.24, 2.45) is 0 Å². The summed E-state index contributed by atoms with van der Waals surface area (Å²) < 4.78 is 0. The molecular weight excluding hydrogens is 651 g/mol. The van der Waals surface area contributed by atoms with Crippen LogP contribution in [-0.2, 0) is 0 Å². The first-order valence-corrected chi connectivity index (χ1v) is 19.5. The fourth-order valence-electron chi connectivity index (χ4n) is 6.24. The van der Waals surface area contributed by atoms with Gasteiger partial charge in [-0.3, -0.25) is 0 Å². The van der Waals surface area contributed by atoms with Crippen molar-refractivity contribution in [1.29, 1.82) is 0 Å². The van der Waals surface area contributed by atoms with E-state index in [0.29, 0.717) is 5.92 Å². The predicted octanol–water partition coefficient (Wildman–Crippen LogP) is 16.3. The Morgan fingerprint density at radius 2 is 0.759 bits per heavy atom. The van der Waals surface area contributed by atoms with Gasteiger partial charge in [0.25, 0.3) is 0 Å². The van der Waals surface area contributed by atoms with Gasteiger partial charge in [0.1, 0.15) is 0 Å². The van der Waals surface area contributed by atoms with Crippen LogP contribution >= 0.6 is 0 Å². The third-order valence-corrected chi connectivity index (χ3v) is 8.92. The molecule has 0 aliphatic heterocycles. The van der Waals surface area contributed by atoms with Gasteiger partial charge in [0, 0.05) is 16.8 Å². The largest absolute Gasteiger partial charge is 0.310 e. The first kappa shape index (κ1) is 40.8. The lowest BCUT2D eigenvalue weighted by atomic mass is 9.96. The highest BCUT2D eigenvalue weighted by Gasteiger charge is 2.15. The Bertz CT molecular complexity index is 2220. The van der Waals surface area contributed by atoms with Gasteiger partial charge in [-0.05, 0) is 82.9 Å². The Hall–Kier alpha value is -5.92. The van der Waals surface area contributed by atoms with Crippen LogP contribution in [0.1, 0.15) is 64.2 Å². The number of benzene rings is 8. The quantitative estimate of drug-likeness (QED) is 0.172. The van der Waals surface area contributed by atoms with Gasteiger partial charge in [-0.2, -0.15) is 0 Å². The molecule has 0 saturated carbocycles. The number of rotatable bonds is 5. The van der Waals surface area contributed by atoms with Crippen molar-refractivity contribution in [3.05, 3.63) is 211 Å². The number of aryl methyl sites for hydroxylation is 2. The molecule has 0 N–H and O–H groups in total. The molecular formula is C53H57N. The Labute approximate surface area is 325 Å². The Morgan fingerprint density at radius 3 is 1.30 bits per heavy atom. The number of para-hydroxylation sites is 1. The van der Waals surface area contributed by atoms with Crippen molar-refractivity contribution < 1.29 is 0 Å². The zero-order valence-corrected chi connectivity index (χ0v) is 33.5. The molecule has 0 aromatic heterocycles. The first-order chi connectivity index (χ1) is 26.5. The van der Waals surface area contributed by atoms with Crippen molar-refractivity contribution in [2.75, 3.05) is 4.90 Å². The average molecular weight is 708 g/mol. The number of hydrogen-bond acceptors (Lipinski definition) is 1. The highest BCUT2D eigenvalue weighted by molar-refractivity contribution is 5.99. The minimum Gasteiger partial charge on any atom is -0.310 e. The molecule has 0 amide bonds. The lowest BCUT2D eigenvalue weighted by Gasteiger charge is -2.27.